The molecule has 0 aliphatic rings. The zero-order valence-electron chi connectivity index (χ0n) is 10.1. The van der Waals surface area contributed by atoms with Gasteiger partial charge in [0.15, 0.2) is 0 Å². The van der Waals surface area contributed by atoms with Crippen LogP contribution in [-0.2, 0) is 4.79 Å². The van der Waals surface area contributed by atoms with Crippen LogP contribution in [0.1, 0.15) is 33.6 Å². The maximum absolute atomic E-state index is 11.2. The molecule has 0 rings (SSSR count). The fourth-order valence-corrected chi connectivity index (χ4v) is 1.04. The lowest BCUT2D eigenvalue weighted by Crippen LogP contribution is -2.35. The van der Waals surface area contributed by atoms with Gasteiger partial charge in [-0.25, -0.2) is 0 Å². The van der Waals surface area contributed by atoms with Crippen LogP contribution < -0.4 is 10.6 Å². The van der Waals surface area contributed by atoms with Gasteiger partial charge in [0.05, 0.1) is 0 Å². The molecule has 0 bridgehead atoms. The third kappa shape index (κ3) is 8.39. The number of rotatable bonds is 8. The number of aliphatic hydroxyl groups is 1. The number of aliphatic hydroxyl groups excluding tert-OH is 1. The van der Waals surface area contributed by atoms with Crippen LogP contribution in [0, 0.1) is 5.41 Å². The first-order chi connectivity index (χ1) is 7.02. The highest BCUT2D eigenvalue weighted by Crippen LogP contribution is 2.10. The van der Waals surface area contributed by atoms with E-state index in [1.807, 2.05) is 20.8 Å². The number of nitrogens with one attached hydrogen (secondary N) is 2. The summed E-state index contributed by atoms with van der Waals surface area (Å²) >= 11 is 0. The average Bonchev–Trinajstić information content (AvgIpc) is 2.21. The molecule has 0 unspecified atom stereocenters. The van der Waals surface area contributed by atoms with Crippen molar-refractivity contribution in [3.8, 4) is 0 Å². The number of carbonyl (C=O) groups excluding carboxylic acids is 1. The van der Waals surface area contributed by atoms with Crippen LogP contribution in [0.4, 0.5) is 0 Å². The number of hydrogen-bond donors (Lipinski definition) is 3. The Kier molecular flexibility index (Phi) is 7.34. The van der Waals surface area contributed by atoms with Gasteiger partial charge in [-0.15, -0.1) is 0 Å². The van der Waals surface area contributed by atoms with Gasteiger partial charge < -0.3 is 15.7 Å². The molecule has 0 radical (unpaired) electrons. The molecule has 0 heterocycles. The summed E-state index contributed by atoms with van der Waals surface area (Å²) in [4.78, 5) is 11.2. The van der Waals surface area contributed by atoms with Crippen molar-refractivity contribution in [2.24, 2.45) is 5.41 Å². The molecular formula is C11H24N2O2. The van der Waals surface area contributed by atoms with Gasteiger partial charge in [-0.3, -0.25) is 4.79 Å². The second-order valence-electron chi connectivity index (χ2n) is 4.60. The van der Waals surface area contributed by atoms with Crippen LogP contribution in [0.5, 0.6) is 0 Å². The molecule has 3 N–H and O–H groups in total. The lowest BCUT2D eigenvalue weighted by molar-refractivity contribution is -0.121. The average molecular weight is 216 g/mol. The van der Waals surface area contributed by atoms with Gasteiger partial charge in [-0.05, 0) is 6.42 Å². The molecule has 0 aromatic carbocycles. The summed E-state index contributed by atoms with van der Waals surface area (Å²) in [5, 5.41) is 15.0. The first-order valence-electron chi connectivity index (χ1n) is 5.60. The van der Waals surface area contributed by atoms with Crippen molar-refractivity contribution >= 4 is 5.91 Å². The van der Waals surface area contributed by atoms with E-state index >= 15 is 0 Å². The fraction of sp³-hybridized carbons (Fsp3) is 0.909. The highest BCUT2D eigenvalue weighted by Gasteiger charge is 2.15. The second-order valence-corrected chi connectivity index (χ2v) is 4.60. The minimum Gasteiger partial charge on any atom is -0.396 e. The van der Waals surface area contributed by atoms with Crippen molar-refractivity contribution in [2.75, 3.05) is 26.2 Å². The van der Waals surface area contributed by atoms with Gasteiger partial charge >= 0.3 is 0 Å². The highest BCUT2D eigenvalue weighted by molar-refractivity contribution is 5.75. The summed E-state index contributed by atoms with van der Waals surface area (Å²) in [6, 6.07) is 0. The molecule has 4 nitrogen and oxygen atoms in total. The van der Waals surface area contributed by atoms with E-state index in [1.54, 1.807) is 0 Å². The van der Waals surface area contributed by atoms with Crippen LogP contribution in [0.2, 0.25) is 0 Å². The Morgan fingerprint density at radius 2 is 2.00 bits per heavy atom. The van der Waals surface area contributed by atoms with E-state index in [4.69, 9.17) is 5.11 Å². The molecular weight excluding hydrogens is 192 g/mol. The molecule has 0 aromatic heterocycles. The predicted molar refractivity (Wildman–Crippen MR) is 61.7 cm³/mol. The van der Waals surface area contributed by atoms with Gasteiger partial charge in [0, 0.05) is 38.1 Å². The minimum absolute atomic E-state index is 0.0890. The SMILES string of the molecule is CCCNC(=O)CCNCC(C)(C)CO. The largest absolute Gasteiger partial charge is 0.396 e. The van der Waals surface area contributed by atoms with E-state index in [-0.39, 0.29) is 17.9 Å². The number of hydrogen-bond acceptors (Lipinski definition) is 3. The summed E-state index contributed by atoms with van der Waals surface area (Å²) in [5.74, 6) is 0.0890. The van der Waals surface area contributed by atoms with Crippen molar-refractivity contribution in [1.82, 2.24) is 10.6 Å². The summed E-state index contributed by atoms with van der Waals surface area (Å²) in [6.07, 6.45) is 1.47. The second kappa shape index (κ2) is 7.65. The van der Waals surface area contributed by atoms with E-state index in [0.29, 0.717) is 13.0 Å². The normalized spacial score (nSPS) is 11.5. The van der Waals surface area contributed by atoms with Gasteiger partial charge in [-0.2, -0.15) is 0 Å². The topological polar surface area (TPSA) is 61.4 Å². The Bertz CT molecular complexity index is 181. The first-order valence-corrected chi connectivity index (χ1v) is 5.60. The van der Waals surface area contributed by atoms with E-state index in [1.165, 1.54) is 0 Å². The Morgan fingerprint density at radius 3 is 2.53 bits per heavy atom. The van der Waals surface area contributed by atoms with Gasteiger partial charge in [0.25, 0.3) is 0 Å². The van der Waals surface area contributed by atoms with Crippen LogP contribution in [0.25, 0.3) is 0 Å². The molecule has 0 aromatic rings. The molecule has 90 valence electrons. The predicted octanol–water partition coefficient (Wildman–Crippen LogP) is 0.511. The molecule has 4 heteroatoms. The van der Waals surface area contributed by atoms with Crippen LogP contribution in [0.3, 0.4) is 0 Å². The highest BCUT2D eigenvalue weighted by atomic mass is 16.3. The summed E-state index contributed by atoms with van der Waals surface area (Å²) in [5.41, 5.74) is -0.111. The quantitative estimate of drug-likeness (QED) is 0.518. The molecule has 0 saturated heterocycles. The Hall–Kier alpha value is -0.610. The van der Waals surface area contributed by atoms with Crippen LogP contribution >= 0.6 is 0 Å². The standard InChI is InChI=1S/C11H24N2O2/c1-4-6-13-10(15)5-7-12-8-11(2,3)9-14/h12,14H,4-9H2,1-3H3,(H,13,15). The lowest BCUT2D eigenvalue weighted by atomic mass is 9.95. The molecule has 0 saturated carbocycles. The van der Waals surface area contributed by atoms with Crippen LogP contribution in [-0.4, -0.2) is 37.3 Å². The number of carbonyl (C=O) groups is 1. The third-order valence-electron chi connectivity index (χ3n) is 2.13. The van der Waals surface area contributed by atoms with Crippen molar-refractivity contribution in [2.45, 2.75) is 33.6 Å². The van der Waals surface area contributed by atoms with Crippen molar-refractivity contribution in [3.63, 3.8) is 0 Å². The van der Waals surface area contributed by atoms with Gasteiger partial charge in [-0.1, -0.05) is 20.8 Å². The monoisotopic (exact) mass is 216 g/mol. The molecule has 0 aliphatic heterocycles. The van der Waals surface area contributed by atoms with Crippen molar-refractivity contribution in [1.29, 1.82) is 0 Å². The molecule has 0 atom stereocenters. The summed E-state index contributed by atoms with van der Waals surface area (Å²) < 4.78 is 0. The zero-order chi connectivity index (χ0) is 11.7. The Labute approximate surface area is 92.4 Å². The number of amides is 1. The van der Waals surface area contributed by atoms with E-state index in [9.17, 15) is 4.79 Å². The zero-order valence-corrected chi connectivity index (χ0v) is 10.1. The van der Waals surface area contributed by atoms with E-state index < -0.39 is 0 Å². The minimum atomic E-state index is -0.111. The summed E-state index contributed by atoms with van der Waals surface area (Å²) in [7, 11) is 0. The first kappa shape index (κ1) is 14.4. The van der Waals surface area contributed by atoms with Crippen molar-refractivity contribution in [3.05, 3.63) is 0 Å². The Morgan fingerprint density at radius 1 is 1.33 bits per heavy atom. The smallest absolute Gasteiger partial charge is 0.221 e. The fourth-order valence-electron chi connectivity index (χ4n) is 1.04. The molecule has 0 spiro atoms. The maximum atomic E-state index is 11.2. The molecule has 0 aliphatic carbocycles. The van der Waals surface area contributed by atoms with Gasteiger partial charge in [0.1, 0.15) is 0 Å². The van der Waals surface area contributed by atoms with Crippen LogP contribution in [0.15, 0.2) is 0 Å². The van der Waals surface area contributed by atoms with Gasteiger partial charge in [0.2, 0.25) is 5.91 Å². The lowest BCUT2D eigenvalue weighted by Gasteiger charge is -2.21. The maximum Gasteiger partial charge on any atom is 0.221 e. The summed E-state index contributed by atoms with van der Waals surface area (Å²) in [6.45, 7) is 8.29. The van der Waals surface area contributed by atoms with E-state index in [0.717, 1.165) is 19.5 Å². The molecule has 1 amide bonds. The van der Waals surface area contributed by atoms with Crippen molar-refractivity contribution < 1.29 is 9.90 Å². The Balaban J connectivity index is 3.42. The molecule has 15 heavy (non-hydrogen) atoms. The third-order valence-corrected chi connectivity index (χ3v) is 2.13. The molecule has 0 fully saturated rings. The van der Waals surface area contributed by atoms with E-state index in [2.05, 4.69) is 10.6 Å².